The van der Waals surface area contributed by atoms with Crippen LogP contribution in [0.2, 0.25) is 0 Å². The van der Waals surface area contributed by atoms with Gasteiger partial charge in [-0.05, 0) is 36.0 Å². The van der Waals surface area contributed by atoms with Crippen LogP contribution in [0.25, 0.3) is 0 Å². The summed E-state index contributed by atoms with van der Waals surface area (Å²) in [5, 5.41) is 0. The van der Waals surface area contributed by atoms with E-state index in [0.29, 0.717) is 17.7 Å². The van der Waals surface area contributed by atoms with Gasteiger partial charge in [-0.15, -0.1) is 11.6 Å². The summed E-state index contributed by atoms with van der Waals surface area (Å²) in [6, 6.07) is 4.25. The lowest BCUT2D eigenvalue weighted by Gasteiger charge is -2.28. The van der Waals surface area contributed by atoms with Crippen molar-refractivity contribution < 1.29 is 0 Å². The molecule has 0 amide bonds. The van der Waals surface area contributed by atoms with Crippen LogP contribution in [0.4, 0.5) is 5.82 Å². The molecule has 0 saturated carbocycles. The van der Waals surface area contributed by atoms with E-state index >= 15 is 0 Å². The number of halogens is 1. The van der Waals surface area contributed by atoms with E-state index in [9.17, 15) is 0 Å². The third kappa shape index (κ3) is 5.40. The summed E-state index contributed by atoms with van der Waals surface area (Å²) < 4.78 is 0. The summed E-state index contributed by atoms with van der Waals surface area (Å²) in [6.45, 7) is 13.2. The molecule has 0 spiro atoms. The number of aryl methyl sites for hydroxylation is 1. The molecule has 0 fully saturated rings. The van der Waals surface area contributed by atoms with Crippen molar-refractivity contribution in [3.8, 4) is 0 Å². The first-order chi connectivity index (χ1) is 8.96. The van der Waals surface area contributed by atoms with Crippen LogP contribution in [-0.2, 0) is 12.3 Å². The number of pyridine rings is 1. The SMILES string of the molecule is CCc1cc(CCl)cc(N(CC(C)C)CC(C)C)n1. The lowest BCUT2D eigenvalue weighted by molar-refractivity contribution is 0.548. The topological polar surface area (TPSA) is 16.1 Å². The number of anilines is 1. The van der Waals surface area contributed by atoms with Crippen molar-refractivity contribution in [1.29, 1.82) is 0 Å². The van der Waals surface area contributed by atoms with E-state index in [1.165, 1.54) is 5.56 Å². The highest BCUT2D eigenvalue weighted by Gasteiger charge is 2.13. The number of rotatable bonds is 7. The molecule has 3 heteroatoms. The van der Waals surface area contributed by atoms with E-state index in [1.54, 1.807) is 0 Å². The second-order valence-electron chi connectivity index (χ2n) is 6.00. The predicted molar refractivity (Wildman–Crippen MR) is 85.1 cm³/mol. The Morgan fingerprint density at radius 1 is 1.11 bits per heavy atom. The van der Waals surface area contributed by atoms with Crippen molar-refractivity contribution in [3.63, 3.8) is 0 Å². The molecule has 0 N–H and O–H groups in total. The molecule has 0 aromatic carbocycles. The van der Waals surface area contributed by atoms with Crippen LogP contribution in [0, 0.1) is 11.8 Å². The molecule has 19 heavy (non-hydrogen) atoms. The van der Waals surface area contributed by atoms with Crippen molar-refractivity contribution in [2.45, 2.75) is 46.9 Å². The Morgan fingerprint density at radius 2 is 1.68 bits per heavy atom. The number of alkyl halides is 1. The molecule has 0 aliphatic carbocycles. The van der Waals surface area contributed by atoms with Crippen LogP contribution in [0.3, 0.4) is 0 Å². The zero-order valence-electron chi connectivity index (χ0n) is 12.9. The second-order valence-corrected chi connectivity index (χ2v) is 6.27. The summed E-state index contributed by atoms with van der Waals surface area (Å²) in [5.74, 6) is 2.90. The molecule has 108 valence electrons. The van der Waals surface area contributed by atoms with E-state index in [-0.39, 0.29) is 0 Å². The summed E-state index contributed by atoms with van der Waals surface area (Å²) in [6.07, 6.45) is 0.953. The molecule has 1 aromatic rings. The zero-order chi connectivity index (χ0) is 14.4. The number of hydrogen-bond donors (Lipinski definition) is 0. The van der Waals surface area contributed by atoms with E-state index in [4.69, 9.17) is 16.6 Å². The van der Waals surface area contributed by atoms with E-state index < -0.39 is 0 Å². The van der Waals surface area contributed by atoms with Crippen molar-refractivity contribution in [2.75, 3.05) is 18.0 Å². The fraction of sp³-hybridized carbons (Fsp3) is 0.688. The predicted octanol–water partition coefficient (Wildman–Crippen LogP) is 4.50. The molecule has 0 bridgehead atoms. The fourth-order valence-electron chi connectivity index (χ4n) is 2.20. The quantitative estimate of drug-likeness (QED) is 0.685. The molecule has 2 nitrogen and oxygen atoms in total. The molecule has 0 atom stereocenters. The van der Waals surface area contributed by atoms with Crippen LogP contribution in [0.1, 0.15) is 45.9 Å². The highest BCUT2D eigenvalue weighted by atomic mass is 35.5. The zero-order valence-corrected chi connectivity index (χ0v) is 13.7. The van der Waals surface area contributed by atoms with Crippen molar-refractivity contribution in [1.82, 2.24) is 4.98 Å². The average Bonchev–Trinajstić information content (AvgIpc) is 2.36. The van der Waals surface area contributed by atoms with Gasteiger partial charge in [0.25, 0.3) is 0 Å². The minimum atomic E-state index is 0.555. The van der Waals surface area contributed by atoms with Crippen LogP contribution < -0.4 is 4.90 Å². The van der Waals surface area contributed by atoms with Gasteiger partial charge in [0.15, 0.2) is 0 Å². The third-order valence-corrected chi connectivity index (χ3v) is 3.24. The maximum atomic E-state index is 6.00. The van der Waals surface area contributed by atoms with E-state index in [1.807, 2.05) is 0 Å². The van der Waals surface area contributed by atoms with Crippen LogP contribution >= 0.6 is 11.6 Å². The molecule has 0 unspecified atom stereocenters. The van der Waals surface area contributed by atoms with Crippen molar-refractivity contribution in [2.24, 2.45) is 11.8 Å². The smallest absolute Gasteiger partial charge is 0.129 e. The third-order valence-electron chi connectivity index (χ3n) is 2.94. The van der Waals surface area contributed by atoms with Crippen LogP contribution in [0.15, 0.2) is 12.1 Å². The Bertz CT molecular complexity index is 356. The molecule has 0 radical (unpaired) electrons. The van der Waals surface area contributed by atoms with Gasteiger partial charge in [-0.3, -0.25) is 0 Å². The Morgan fingerprint density at radius 3 is 2.11 bits per heavy atom. The Balaban J connectivity index is 3.05. The number of nitrogens with zero attached hydrogens (tertiary/aromatic N) is 2. The summed E-state index contributed by atoms with van der Waals surface area (Å²) in [7, 11) is 0. The van der Waals surface area contributed by atoms with Gasteiger partial charge in [0, 0.05) is 24.7 Å². The molecule has 0 aliphatic heterocycles. The molecule has 0 saturated heterocycles. The molecular formula is C16H27ClN2. The summed E-state index contributed by atoms with van der Waals surface area (Å²) in [5.41, 5.74) is 2.30. The highest BCUT2D eigenvalue weighted by Crippen LogP contribution is 2.19. The lowest BCUT2D eigenvalue weighted by Crippen LogP contribution is -2.32. The number of aromatic nitrogens is 1. The Labute approximate surface area is 123 Å². The van der Waals surface area contributed by atoms with Gasteiger partial charge in [0.1, 0.15) is 5.82 Å². The van der Waals surface area contributed by atoms with Gasteiger partial charge >= 0.3 is 0 Å². The highest BCUT2D eigenvalue weighted by molar-refractivity contribution is 6.17. The molecule has 1 aromatic heterocycles. The monoisotopic (exact) mass is 282 g/mol. The average molecular weight is 283 g/mol. The van der Waals surface area contributed by atoms with Crippen molar-refractivity contribution in [3.05, 3.63) is 23.4 Å². The maximum absolute atomic E-state index is 6.00. The normalized spacial score (nSPS) is 11.4. The first-order valence-electron chi connectivity index (χ1n) is 7.27. The molecule has 1 rings (SSSR count). The van der Waals surface area contributed by atoms with Gasteiger partial charge < -0.3 is 4.90 Å². The van der Waals surface area contributed by atoms with Crippen molar-refractivity contribution >= 4 is 17.4 Å². The first kappa shape index (κ1) is 16.3. The van der Waals surface area contributed by atoms with Gasteiger partial charge in [-0.1, -0.05) is 34.6 Å². The summed E-state index contributed by atoms with van der Waals surface area (Å²) in [4.78, 5) is 7.17. The minimum Gasteiger partial charge on any atom is -0.356 e. The second kappa shape index (κ2) is 7.74. The lowest BCUT2D eigenvalue weighted by atomic mass is 10.1. The Hall–Kier alpha value is -0.760. The maximum Gasteiger partial charge on any atom is 0.129 e. The standard InChI is InChI=1S/C16H27ClN2/c1-6-15-7-14(9-17)8-16(18-15)19(10-12(2)3)11-13(4)5/h7-8,12-13H,6,9-11H2,1-5H3. The largest absolute Gasteiger partial charge is 0.356 e. The van der Waals surface area contributed by atoms with E-state index in [2.05, 4.69) is 51.7 Å². The van der Waals surface area contributed by atoms with Gasteiger partial charge in [0.2, 0.25) is 0 Å². The summed E-state index contributed by atoms with van der Waals surface area (Å²) >= 11 is 6.00. The van der Waals surface area contributed by atoms with Gasteiger partial charge in [-0.2, -0.15) is 0 Å². The minimum absolute atomic E-state index is 0.555. The Kier molecular flexibility index (Phi) is 6.64. The van der Waals surface area contributed by atoms with Gasteiger partial charge in [0.05, 0.1) is 0 Å². The molecular weight excluding hydrogens is 256 g/mol. The molecule has 0 aliphatic rings. The van der Waals surface area contributed by atoms with Gasteiger partial charge in [-0.25, -0.2) is 4.98 Å². The van der Waals surface area contributed by atoms with Crippen LogP contribution in [0.5, 0.6) is 0 Å². The fourth-order valence-corrected chi connectivity index (χ4v) is 2.35. The number of hydrogen-bond acceptors (Lipinski definition) is 2. The van der Waals surface area contributed by atoms with Crippen LogP contribution in [-0.4, -0.2) is 18.1 Å². The molecule has 1 heterocycles. The first-order valence-corrected chi connectivity index (χ1v) is 7.80. The van der Waals surface area contributed by atoms with E-state index in [0.717, 1.165) is 31.0 Å².